The molecule has 0 N–H and O–H groups in total. The van der Waals surface area contributed by atoms with E-state index in [0.29, 0.717) is 0 Å². The summed E-state index contributed by atoms with van der Waals surface area (Å²) in [5, 5.41) is 1.01. The summed E-state index contributed by atoms with van der Waals surface area (Å²) in [4.78, 5) is 0. The van der Waals surface area contributed by atoms with Crippen LogP contribution in [0, 0.1) is 0 Å². The maximum Gasteiger partial charge on any atom is 0.151 e. The van der Waals surface area contributed by atoms with Crippen molar-refractivity contribution in [3.8, 4) is 0 Å². The van der Waals surface area contributed by atoms with E-state index in [1.54, 1.807) is 0 Å². The van der Waals surface area contributed by atoms with E-state index in [9.17, 15) is 0 Å². The first-order chi connectivity index (χ1) is 5.71. The van der Waals surface area contributed by atoms with Crippen molar-refractivity contribution >= 4 is 20.7 Å². The van der Waals surface area contributed by atoms with Gasteiger partial charge >= 0.3 is 0 Å². The Morgan fingerprint density at radius 3 is 2.00 bits per heavy atom. The molecule has 0 aromatic carbocycles. The molecule has 13 heavy (non-hydrogen) atoms. The van der Waals surface area contributed by atoms with Gasteiger partial charge in [0.1, 0.15) is 5.76 Å². The Labute approximate surface area is 87.0 Å². The molecule has 1 aromatic rings. The van der Waals surface area contributed by atoms with Crippen molar-refractivity contribution < 1.29 is 4.42 Å². The first-order valence-corrected chi connectivity index (χ1v) is 7.77. The molecule has 3 heteroatoms. The number of furan rings is 1. The molecule has 0 saturated heterocycles. The summed E-state index contributed by atoms with van der Waals surface area (Å²) in [6.07, 6.45) is 4.22. The highest BCUT2D eigenvalue weighted by Gasteiger charge is 2.21. The van der Waals surface area contributed by atoms with E-state index in [-0.39, 0.29) is 5.41 Å². The van der Waals surface area contributed by atoms with Gasteiger partial charge in [-0.1, -0.05) is 20.8 Å². The second-order valence-electron chi connectivity index (χ2n) is 4.64. The standard InChI is InChI=1S/C10H18OS2/c1-10(2,3)8-6-7-9(11-8)13(4,5)12/h6-7,12H,1-5H3. The molecular weight excluding hydrogens is 200 g/mol. The Balaban J connectivity index is 3.01. The van der Waals surface area contributed by atoms with E-state index in [0.717, 1.165) is 10.9 Å². The molecule has 1 heterocycles. The summed E-state index contributed by atoms with van der Waals surface area (Å²) < 4.78 is 5.77. The van der Waals surface area contributed by atoms with Crippen LogP contribution in [0.2, 0.25) is 0 Å². The smallest absolute Gasteiger partial charge is 0.151 e. The molecule has 0 aliphatic carbocycles. The van der Waals surface area contributed by atoms with Crippen LogP contribution in [0.1, 0.15) is 26.5 Å². The summed E-state index contributed by atoms with van der Waals surface area (Å²) >= 11 is 4.54. The lowest BCUT2D eigenvalue weighted by atomic mass is 9.94. The van der Waals surface area contributed by atoms with Gasteiger partial charge in [-0.2, -0.15) is 0 Å². The molecule has 0 amide bonds. The first-order valence-electron chi connectivity index (χ1n) is 4.27. The second kappa shape index (κ2) is 3.28. The molecule has 0 aliphatic heterocycles. The number of rotatable bonds is 1. The molecule has 0 bridgehead atoms. The highest BCUT2D eigenvalue weighted by molar-refractivity contribution is 8.87. The van der Waals surface area contributed by atoms with Gasteiger partial charge in [-0.3, -0.25) is 0 Å². The number of thiol groups is 1. The van der Waals surface area contributed by atoms with Crippen LogP contribution >= 0.6 is 20.7 Å². The van der Waals surface area contributed by atoms with E-state index >= 15 is 0 Å². The zero-order valence-electron chi connectivity index (χ0n) is 8.92. The van der Waals surface area contributed by atoms with E-state index in [2.05, 4.69) is 51.0 Å². The average Bonchev–Trinajstić information content (AvgIpc) is 2.28. The molecular formula is C10H18OS2. The van der Waals surface area contributed by atoms with Gasteiger partial charge in [-0.15, -0.1) is 20.7 Å². The zero-order chi connectivity index (χ0) is 10.3. The minimum absolute atomic E-state index is 0.0940. The summed E-state index contributed by atoms with van der Waals surface area (Å²) in [6.45, 7) is 6.45. The minimum atomic E-state index is -1.01. The molecule has 0 saturated carbocycles. The van der Waals surface area contributed by atoms with Gasteiger partial charge in [0.2, 0.25) is 0 Å². The van der Waals surface area contributed by atoms with E-state index in [1.807, 2.05) is 6.07 Å². The largest absolute Gasteiger partial charge is 0.455 e. The molecule has 0 fully saturated rings. The predicted molar refractivity (Wildman–Crippen MR) is 64.1 cm³/mol. The molecule has 76 valence electrons. The molecule has 1 aromatic heterocycles. The molecule has 0 aliphatic rings. The van der Waals surface area contributed by atoms with Crippen molar-refractivity contribution in [2.45, 2.75) is 31.3 Å². The summed E-state index contributed by atoms with van der Waals surface area (Å²) in [5.41, 5.74) is 0.0940. The fraction of sp³-hybridized carbons (Fsp3) is 0.600. The monoisotopic (exact) mass is 218 g/mol. The quantitative estimate of drug-likeness (QED) is 0.558. The first kappa shape index (κ1) is 11.1. The van der Waals surface area contributed by atoms with Crippen molar-refractivity contribution in [2.75, 3.05) is 12.5 Å². The van der Waals surface area contributed by atoms with Crippen molar-refractivity contribution in [2.24, 2.45) is 0 Å². The molecule has 1 nitrogen and oxygen atoms in total. The van der Waals surface area contributed by atoms with Crippen LogP contribution in [-0.2, 0) is 5.41 Å². The Kier molecular flexibility index (Phi) is 2.79. The predicted octanol–water partition coefficient (Wildman–Crippen LogP) is 3.85. The third-order valence-electron chi connectivity index (χ3n) is 1.81. The van der Waals surface area contributed by atoms with Gasteiger partial charge in [0.25, 0.3) is 0 Å². The third kappa shape index (κ3) is 2.71. The molecule has 1 rings (SSSR count). The highest BCUT2D eigenvalue weighted by Crippen LogP contribution is 2.54. The van der Waals surface area contributed by atoms with E-state index in [4.69, 9.17) is 4.42 Å². The Morgan fingerprint density at radius 1 is 1.23 bits per heavy atom. The lowest BCUT2D eigenvalue weighted by molar-refractivity contribution is 0.362. The van der Waals surface area contributed by atoms with Crippen molar-refractivity contribution in [3.63, 3.8) is 0 Å². The summed E-state index contributed by atoms with van der Waals surface area (Å²) in [5.74, 6) is 1.04. The molecule has 0 atom stereocenters. The van der Waals surface area contributed by atoms with Gasteiger partial charge in [-0.05, 0) is 24.6 Å². The Morgan fingerprint density at radius 2 is 1.77 bits per heavy atom. The second-order valence-corrected chi connectivity index (χ2v) is 10.3. The maximum absolute atomic E-state index is 5.77. The van der Waals surface area contributed by atoms with Crippen LogP contribution in [0.4, 0.5) is 0 Å². The normalized spacial score (nSPS) is 14.6. The highest BCUT2D eigenvalue weighted by atomic mass is 33.1. The number of hydrogen-bond acceptors (Lipinski definition) is 2. The van der Waals surface area contributed by atoms with Crippen molar-refractivity contribution in [1.29, 1.82) is 0 Å². The van der Waals surface area contributed by atoms with E-state index in [1.165, 1.54) is 0 Å². The van der Waals surface area contributed by atoms with Gasteiger partial charge in [-0.25, -0.2) is 0 Å². The van der Waals surface area contributed by atoms with Crippen LogP contribution < -0.4 is 0 Å². The van der Waals surface area contributed by atoms with Gasteiger partial charge in [0, 0.05) is 5.41 Å². The lowest BCUT2D eigenvalue weighted by Crippen LogP contribution is -2.09. The van der Waals surface area contributed by atoms with Crippen LogP contribution in [0.3, 0.4) is 0 Å². The molecule has 0 radical (unpaired) electrons. The molecule has 0 spiro atoms. The van der Waals surface area contributed by atoms with Crippen LogP contribution in [0.25, 0.3) is 0 Å². The topological polar surface area (TPSA) is 13.1 Å². The summed E-state index contributed by atoms with van der Waals surface area (Å²) in [7, 11) is -1.01. The zero-order valence-corrected chi connectivity index (χ0v) is 10.6. The van der Waals surface area contributed by atoms with Crippen LogP contribution in [0.15, 0.2) is 21.6 Å². The van der Waals surface area contributed by atoms with Gasteiger partial charge in [0.15, 0.2) is 5.09 Å². The van der Waals surface area contributed by atoms with Crippen molar-refractivity contribution in [3.05, 3.63) is 17.9 Å². The SMILES string of the molecule is CC(C)(C)c1ccc(S(C)(C)S)o1. The average molecular weight is 218 g/mol. The fourth-order valence-electron chi connectivity index (χ4n) is 0.992. The number of hydrogen-bond donors (Lipinski definition) is 1. The van der Waals surface area contributed by atoms with Gasteiger partial charge < -0.3 is 4.42 Å². The maximum atomic E-state index is 5.77. The van der Waals surface area contributed by atoms with Crippen LogP contribution in [0.5, 0.6) is 0 Å². The third-order valence-corrected chi connectivity index (χ3v) is 3.56. The van der Waals surface area contributed by atoms with Crippen LogP contribution in [-0.4, -0.2) is 12.5 Å². The molecule has 0 unspecified atom stereocenters. The Hall–Kier alpha value is -0.0200. The van der Waals surface area contributed by atoms with Crippen molar-refractivity contribution in [1.82, 2.24) is 0 Å². The van der Waals surface area contributed by atoms with Gasteiger partial charge in [0.05, 0.1) is 0 Å². The van der Waals surface area contributed by atoms with E-state index < -0.39 is 9.06 Å². The summed E-state index contributed by atoms with van der Waals surface area (Å²) in [6, 6.07) is 4.10. The minimum Gasteiger partial charge on any atom is -0.455 e. The lowest BCUT2D eigenvalue weighted by Gasteiger charge is -2.21. The Bertz CT molecular complexity index is 260. The fourth-order valence-corrected chi connectivity index (χ4v) is 1.98.